The van der Waals surface area contributed by atoms with E-state index in [0.717, 1.165) is 17.0 Å². The van der Waals surface area contributed by atoms with Crippen molar-refractivity contribution in [1.29, 1.82) is 0 Å². The fourth-order valence-electron chi connectivity index (χ4n) is 3.15. The highest BCUT2D eigenvalue weighted by molar-refractivity contribution is 5.91. The van der Waals surface area contributed by atoms with Crippen molar-refractivity contribution in [3.63, 3.8) is 0 Å². The highest BCUT2D eigenvalue weighted by Gasteiger charge is 2.30. The summed E-state index contributed by atoms with van der Waals surface area (Å²) in [7, 11) is 0. The molecular formula is C19H20F4N3O+. The van der Waals surface area contributed by atoms with Crippen LogP contribution in [-0.2, 0) is 11.0 Å². The van der Waals surface area contributed by atoms with Gasteiger partial charge in [0.1, 0.15) is 5.82 Å². The van der Waals surface area contributed by atoms with E-state index >= 15 is 0 Å². The van der Waals surface area contributed by atoms with Gasteiger partial charge in [-0.05, 0) is 30.3 Å². The highest BCUT2D eigenvalue weighted by atomic mass is 19.4. The first-order chi connectivity index (χ1) is 12.8. The maximum absolute atomic E-state index is 13.8. The van der Waals surface area contributed by atoms with E-state index in [2.05, 4.69) is 5.32 Å². The van der Waals surface area contributed by atoms with Gasteiger partial charge in [-0.15, -0.1) is 0 Å². The largest absolute Gasteiger partial charge is 0.416 e. The lowest BCUT2D eigenvalue weighted by Crippen LogP contribution is -3.15. The van der Waals surface area contributed by atoms with Crippen LogP contribution in [-0.4, -0.2) is 38.6 Å². The number of benzene rings is 2. The standard InChI is InChI=1S/C19H19F4N3O/c20-16-6-1-2-7-17(16)26-10-8-25(9-11-26)13-18(27)24-15-5-3-4-14(12-15)19(21,22)23/h1-7,12H,8-11,13H2,(H,24,27)/p+1. The van der Waals surface area contributed by atoms with E-state index in [4.69, 9.17) is 0 Å². The normalized spacial score (nSPS) is 15.6. The van der Waals surface area contributed by atoms with E-state index in [-0.39, 0.29) is 24.0 Å². The molecule has 2 aromatic carbocycles. The van der Waals surface area contributed by atoms with Crippen molar-refractivity contribution < 1.29 is 27.3 Å². The Hall–Kier alpha value is -2.61. The molecule has 1 aliphatic rings. The van der Waals surface area contributed by atoms with Gasteiger partial charge in [0.25, 0.3) is 5.91 Å². The molecular weight excluding hydrogens is 362 g/mol. The third kappa shape index (κ3) is 4.97. The second kappa shape index (κ2) is 7.96. The minimum Gasteiger partial charge on any atom is -0.358 e. The number of carbonyl (C=O) groups is 1. The average Bonchev–Trinajstić information content (AvgIpc) is 2.62. The number of para-hydroxylation sites is 1. The van der Waals surface area contributed by atoms with E-state index in [9.17, 15) is 22.4 Å². The van der Waals surface area contributed by atoms with E-state index < -0.39 is 11.7 Å². The average molecular weight is 382 g/mol. The molecule has 0 bridgehead atoms. The van der Waals surface area contributed by atoms with Gasteiger partial charge in [-0.2, -0.15) is 13.2 Å². The molecule has 0 spiro atoms. The first-order valence-corrected chi connectivity index (χ1v) is 8.63. The van der Waals surface area contributed by atoms with Crippen LogP contribution in [0.5, 0.6) is 0 Å². The number of nitrogens with zero attached hydrogens (tertiary/aromatic N) is 1. The van der Waals surface area contributed by atoms with E-state index in [1.165, 1.54) is 18.2 Å². The Morgan fingerprint density at radius 3 is 2.44 bits per heavy atom. The third-order valence-corrected chi connectivity index (χ3v) is 4.55. The number of piperazine rings is 1. The number of anilines is 2. The van der Waals surface area contributed by atoms with Crippen LogP contribution in [0.1, 0.15) is 5.56 Å². The maximum atomic E-state index is 13.8. The van der Waals surface area contributed by atoms with Gasteiger partial charge in [-0.25, -0.2) is 4.39 Å². The summed E-state index contributed by atoms with van der Waals surface area (Å²) in [6.45, 7) is 2.65. The topological polar surface area (TPSA) is 36.8 Å². The zero-order valence-corrected chi connectivity index (χ0v) is 14.5. The monoisotopic (exact) mass is 382 g/mol. The van der Waals surface area contributed by atoms with Crippen molar-refractivity contribution in [2.45, 2.75) is 6.18 Å². The molecule has 2 aromatic rings. The molecule has 1 fully saturated rings. The van der Waals surface area contributed by atoms with Gasteiger partial charge >= 0.3 is 6.18 Å². The van der Waals surface area contributed by atoms with Crippen molar-refractivity contribution in [3.8, 4) is 0 Å². The van der Waals surface area contributed by atoms with Gasteiger partial charge in [0.15, 0.2) is 6.54 Å². The van der Waals surface area contributed by atoms with Crippen LogP contribution < -0.4 is 15.1 Å². The van der Waals surface area contributed by atoms with E-state index in [0.29, 0.717) is 31.9 Å². The predicted octanol–water partition coefficient (Wildman–Crippen LogP) is 2.19. The van der Waals surface area contributed by atoms with Crippen molar-refractivity contribution in [3.05, 3.63) is 59.9 Å². The molecule has 0 aromatic heterocycles. The summed E-state index contributed by atoms with van der Waals surface area (Å²) in [6.07, 6.45) is -4.45. The molecule has 0 saturated carbocycles. The number of amides is 1. The first-order valence-electron chi connectivity index (χ1n) is 8.63. The van der Waals surface area contributed by atoms with Crippen LogP contribution in [0.15, 0.2) is 48.5 Å². The number of rotatable bonds is 4. The number of carbonyl (C=O) groups excluding carboxylic acids is 1. The number of alkyl halides is 3. The lowest BCUT2D eigenvalue weighted by molar-refractivity contribution is -0.892. The molecule has 0 radical (unpaired) electrons. The SMILES string of the molecule is O=C(C[NH+]1CCN(c2ccccc2F)CC1)Nc1cccc(C(F)(F)F)c1. The van der Waals surface area contributed by atoms with Crippen LogP contribution in [0.3, 0.4) is 0 Å². The number of nitrogens with one attached hydrogen (secondary N) is 2. The minimum absolute atomic E-state index is 0.124. The molecule has 8 heteroatoms. The summed E-state index contributed by atoms with van der Waals surface area (Å²) in [4.78, 5) is 15.1. The molecule has 144 valence electrons. The van der Waals surface area contributed by atoms with Crippen molar-refractivity contribution in [2.24, 2.45) is 0 Å². The van der Waals surface area contributed by atoms with Gasteiger partial charge in [0.2, 0.25) is 0 Å². The fraction of sp³-hybridized carbons (Fsp3) is 0.316. The number of quaternary nitrogens is 1. The first kappa shape index (κ1) is 19.2. The zero-order chi connectivity index (χ0) is 19.4. The molecule has 4 nitrogen and oxygen atoms in total. The van der Waals surface area contributed by atoms with E-state index in [1.54, 1.807) is 18.2 Å². The smallest absolute Gasteiger partial charge is 0.358 e. The Bertz CT molecular complexity index is 802. The van der Waals surface area contributed by atoms with Crippen LogP contribution in [0, 0.1) is 5.82 Å². The number of hydrogen-bond donors (Lipinski definition) is 2. The highest BCUT2D eigenvalue weighted by Crippen LogP contribution is 2.30. The quantitative estimate of drug-likeness (QED) is 0.796. The van der Waals surface area contributed by atoms with Crippen LogP contribution in [0.25, 0.3) is 0 Å². The van der Waals surface area contributed by atoms with Crippen LogP contribution >= 0.6 is 0 Å². The third-order valence-electron chi connectivity index (χ3n) is 4.55. The minimum atomic E-state index is -4.45. The van der Waals surface area contributed by atoms with Crippen molar-refractivity contribution >= 4 is 17.3 Å². The van der Waals surface area contributed by atoms with Crippen molar-refractivity contribution in [1.82, 2.24) is 0 Å². The summed E-state index contributed by atoms with van der Waals surface area (Å²) in [6, 6.07) is 11.1. The van der Waals surface area contributed by atoms with Gasteiger partial charge < -0.3 is 15.1 Å². The molecule has 0 aliphatic carbocycles. The van der Waals surface area contributed by atoms with Gasteiger partial charge in [-0.3, -0.25) is 4.79 Å². The van der Waals surface area contributed by atoms with Crippen LogP contribution in [0.4, 0.5) is 28.9 Å². The molecule has 2 N–H and O–H groups in total. The second-order valence-electron chi connectivity index (χ2n) is 6.49. The maximum Gasteiger partial charge on any atom is 0.416 e. The summed E-state index contributed by atoms with van der Waals surface area (Å²) in [5, 5.41) is 2.52. The Morgan fingerprint density at radius 1 is 1.07 bits per heavy atom. The lowest BCUT2D eigenvalue weighted by Gasteiger charge is -2.33. The van der Waals surface area contributed by atoms with E-state index in [1.807, 2.05) is 4.90 Å². The Kier molecular flexibility index (Phi) is 5.65. The van der Waals surface area contributed by atoms with Crippen LogP contribution in [0.2, 0.25) is 0 Å². The summed E-state index contributed by atoms with van der Waals surface area (Å²) < 4.78 is 52.1. The molecule has 1 aliphatic heterocycles. The molecule has 1 saturated heterocycles. The Labute approximate surface area is 154 Å². The molecule has 3 rings (SSSR count). The Balaban J connectivity index is 1.52. The molecule has 1 amide bonds. The number of hydrogen-bond acceptors (Lipinski definition) is 2. The number of halogens is 4. The van der Waals surface area contributed by atoms with Gasteiger partial charge in [0.05, 0.1) is 37.4 Å². The molecule has 27 heavy (non-hydrogen) atoms. The summed E-state index contributed by atoms with van der Waals surface area (Å²) in [5.74, 6) is -0.619. The zero-order valence-electron chi connectivity index (χ0n) is 14.5. The molecule has 0 unspecified atom stereocenters. The fourth-order valence-corrected chi connectivity index (χ4v) is 3.15. The second-order valence-corrected chi connectivity index (χ2v) is 6.49. The van der Waals surface area contributed by atoms with Crippen molar-refractivity contribution in [2.75, 3.05) is 42.9 Å². The van der Waals surface area contributed by atoms with Gasteiger partial charge in [-0.1, -0.05) is 18.2 Å². The molecule has 1 heterocycles. The summed E-state index contributed by atoms with van der Waals surface area (Å²) >= 11 is 0. The molecule has 0 atom stereocenters. The van der Waals surface area contributed by atoms with Gasteiger partial charge in [0, 0.05) is 5.69 Å². The summed E-state index contributed by atoms with van der Waals surface area (Å²) in [5.41, 5.74) is -0.129. The Morgan fingerprint density at radius 2 is 1.78 bits per heavy atom. The predicted molar refractivity (Wildman–Crippen MR) is 94.3 cm³/mol. The lowest BCUT2D eigenvalue weighted by atomic mass is 10.2.